The molecule has 0 bridgehead atoms. The number of allylic oxidation sites excluding steroid dienone is 2. The topological polar surface area (TPSA) is 32.3 Å². The van der Waals surface area contributed by atoms with Gasteiger partial charge >= 0.3 is 0 Å². The van der Waals surface area contributed by atoms with E-state index in [4.69, 9.17) is 9.97 Å². The van der Waals surface area contributed by atoms with Gasteiger partial charge in [-0.3, -0.25) is 4.90 Å². The highest BCUT2D eigenvalue weighted by Crippen LogP contribution is 2.60. The van der Waals surface area contributed by atoms with Gasteiger partial charge in [-0.15, -0.1) is 0 Å². The summed E-state index contributed by atoms with van der Waals surface area (Å²) in [5.41, 5.74) is 21.7. The fraction of sp³-hybridized carbons (Fsp3) is 0.0323. The molecule has 4 nitrogen and oxygen atoms in total. The predicted molar refractivity (Wildman–Crippen MR) is 274 cm³/mol. The molecule has 0 saturated heterocycles. The van der Waals surface area contributed by atoms with Gasteiger partial charge in [0.15, 0.2) is 0 Å². The molecule has 0 spiro atoms. The summed E-state index contributed by atoms with van der Waals surface area (Å²) in [6.07, 6.45) is 5.64. The molecule has 13 rings (SSSR count). The van der Waals surface area contributed by atoms with Gasteiger partial charge in [-0.2, -0.15) is 0 Å². The number of fused-ring (bicyclic) bond motifs is 10. The normalized spacial score (nSPS) is 14.6. The summed E-state index contributed by atoms with van der Waals surface area (Å²) in [6, 6.07) is 80.7. The van der Waals surface area contributed by atoms with Crippen molar-refractivity contribution in [3.63, 3.8) is 0 Å². The summed E-state index contributed by atoms with van der Waals surface area (Å²) in [6.45, 7) is 0. The number of aromatic nitrogens is 2. The zero-order valence-electron chi connectivity index (χ0n) is 36.1. The van der Waals surface area contributed by atoms with Gasteiger partial charge in [0.05, 0.1) is 34.3 Å². The van der Waals surface area contributed by atoms with Crippen LogP contribution in [0.5, 0.6) is 0 Å². The van der Waals surface area contributed by atoms with Gasteiger partial charge in [0, 0.05) is 33.3 Å². The summed E-state index contributed by atoms with van der Waals surface area (Å²) in [5.74, 6) is 0.684. The SMILES string of the molecule is C1=C(c2cc(-c3ccccc3)cc(-c3ccccc3)c2)C=C2c3ccc4c(c3N(c3nc(-c5ccccc5)c5ccccc5n3)C2C1)N(c1ccccc1)c1ccccc1-c1ccccc1-4. The van der Waals surface area contributed by atoms with E-state index < -0.39 is 0 Å². The lowest BCUT2D eigenvalue weighted by Crippen LogP contribution is -2.30. The second kappa shape index (κ2) is 15.6. The number of anilines is 5. The van der Waals surface area contributed by atoms with E-state index in [1.807, 2.05) is 0 Å². The van der Waals surface area contributed by atoms with Crippen molar-refractivity contribution in [3.8, 4) is 55.8 Å². The molecule has 1 unspecified atom stereocenters. The first-order valence-corrected chi connectivity index (χ1v) is 22.8. The average Bonchev–Trinajstić information content (AvgIpc) is 3.67. The highest BCUT2D eigenvalue weighted by molar-refractivity contribution is 6.12. The van der Waals surface area contributed by atoms with Gasteiger partial charge < -0.3 is 4.90 Å². The molecule has 0 saturated carbocycles. The molecule has 66 heavy (non-hydrogen) atoms. The highest BCUT2D eigenvalue weighted by atomic mass is 15.3. The molecule has 0 N–H and O–H groups in total. The largest absolute Gasteiger partial charge is 0.307 e. The van der Waals surface area contributed by atoms with E-state index >= 15 is 0 Å². The van der Waals surface area contributed by atoms with Crippen LogP contribution in [0.15, 0.2) is 237 Å². The molecule has 1 atom stereocenters. The lowest BCUT2D eigenvalue weighted by atomic mass is 9.86. The first-order valence-electron chi connectivity index (χ1n) is 22.8. The van der Waals surface area contributed by atoms with Crippen LogP contribution in [0.2, 0.25) is 0 Å². The number of para-hydroxylation sites is 3. The Labute approximate surface area is 384 Å². The van der Waals surface area contributed by atoms with Crippen LogP contribution in [-0.4, -0.2) is 16.0 Å². The van der Waals surface area contributed by atoms with Gasteiger partial charge in [0.1, 0.15) is 0 Å². The summed E-state index contributed by atoms with van der Waals surface area (Å²) < 4.78 is 0. The molecule has 0 amide bonds. The van der Waals surface area contributed by atoms with E-state index in [-0.39, 0.29) is 6.04 Å². The van der Waals surface area contributed by atoms with Crippen molar-refractivity contribution in [2.45, 2.75) is 12.5 Å². The molecule has 310 valence electrons. The Morgan fingerprint density at radius 1 is 0.409 bits per heavy atom. The van der Waals surface area contributed by atoms with Gasteiger partial charge in [-0.1, -0.05) is 188 Å². The van der Waals surface area contributed by atoms with Crippen molar-refractivity contribution in [1.82, 2.24) is 9.97 Å². The van der Waals surface area contributed by atoms with Crippen LogP contribution in [0.3, 0.4) is 0 Å². The molecule has 3 aliphatic rings. The molecule has 9 aromatic carbocycles. The second-order valence-corrected chi connectivity index (χ2v) is 17.3. The Kier molecular flexibility index (Phi) is 8.95. The maximum Gasteiger partial charge on any atom is 0.231 e. The van der Waals surface area contributed by atoms with E-state index in [1.54, 1.807) is 0 Å². The van der Waals surface area contributed by atoms with Crippen molar-refractivity contribution in [2.24, 2.45) is 0 Å². The Hall–Kier alpha value is -8.60. The van der Waals surface area contributed by atoms with Gasteiger partial charge in [-0.05, 0) is 105 Å². The van der Waals surface area contributed by atoms with Crippen LogP contribution in [-0.2, 0) is 0 Å². The molecule has 10 aromatic rings. The van der Waals surface area contributed by atoms with Crippen LogP contribution in [0.4, 0.5) is 28.7 Å². The van der Waals surface area contributed by atoms with Gasteiger partial charge in [0.2, 0.25) is 5.95 Å². The van der Waals surface area contributed by atoms with Crippen molar-refractivity contribution in [3.05, 3.63) is 248 Å². The van der Waals surface area contributed by atoms with Crippen LogP contribution < -0.4 is 9.80 Å². The molecule has 0 radical (unpaired) electrons. The van der Waals surface area contributed by atoms with E-state index in [1.165, 1.54) is 61.2 Å². The molecule has 1 aliphatic carbocycles. The molecular weight excluding hydrogens is 801 g/mol. The molecule has 3 heterocycles. The van der Waals surface area contributed by atoms with Crippen LogP contribution in [0.1, 0.15) is 17.5 Å². The lowest BCUT2D eigenvalue weighted by Gasteiger charge is -2.33. The third-order valence-electron chi connectivity index (χ3n) is 13.5. The highest BCUT2D eigenvalue weighted by Gasteiger charge is 2.43. The van der Waals surface area contributed by atoms with Crippen molar-refractivity contribution in [2.75, 3.05) is 9.80 Å². The fourth-order valence-corrected chi connectivity index (χ4v) is 10.5. The first kappa shape index (κ1) is 37.9. The molecule has 0 fully saturated rings. The Bertz CT molecular complexity index is 3500. The van der Waals surface area contributed by atoms with E-state index in [0.717, 1.165) is 56.9 Å². The van der Waals surface area contributed by atoms with Crippen molar-refractivity contribution in [1.29, 1.82) is 0 Å². The average molecular weight is 843 g/mol. The zero-order valence-corrected chi connectivity index (χ0v) is 36.1. The monoisotopic (exact) mass is 842 g/mol. The Morgan fingerprint density at radius 3 is 1.65 bits per heavy atom. The molecule has 2 aliphatic heterocycles. The minimum atomic E-state index is -0.0719. The third-order valence-corrected chi connectivity index (χ3v) is 13.5. The van der Waals surface area contributed by atoms with Crippen LogP contribution in [0, 0.1) is 0 Å². The lowest BCUT2D eigenvalue weighted by molar-refractivity contribution is 0.807. The summed E-state index contributed by atoms with van der Waals surface area (Å²) in [7, 11) is 0. The number of hydrogen-bond acceptors (Lipinski definition) is 4. The quantitative estimate of drug-likeness (QED) is 0.167. The smallest absolute Gasteiger partial charge is 0.231 e. The van der Waals surface area contributed by atoms with Crippen LogP contribution >= 0.6 is 0 Å². The minimum Gasteiger partial charge on any atom is -0.307 e. The number of nitrogens with zero attached hydrogens (tertiary/aromatic N) is 4. The number of benzene rings is 9. The predicted octanol–water partition coefficient (Wildman–Crippen LogP) is 16.1. The van der Waals surface area contributed by atoms with E-state index in [9.17, 15) is 0 Å². The number of rotatable bonds is 6. The van der Waals surface area contributed by atoms with E-state index in [2.05, 4.69) is 246 Å². The summed E-state index contributed by atoms with van der Waals surface area (Å²) >= 11 is 0. The first-order chi connectivity index (χ1) is 32.7. The van der Waals surface area contributed by atoms with E-state index in [0.29, 0.717) is 5.95 Å². The second-order valence-electron chi connectivity index (χ2n) is 17.3. The maximum absolute atomic E-state index is 5.62. The fourth-order valence-electron chi connectivity index (χ4n) is 10.5. The third kappa shape index (κ3) is 6.22. The molecule has 4 heteroatoms. The minimum absolute atomic E-state index is 0.0719. The zero-order chi connectivity index (χ0) is 43.6. The molecule has 1 aromatic heterocycles. The standard InChI is InChI=1S/C62H42N4/c1-5-19-41(20-6-1)45-37-46(42-21-7-2-8-22-42)39-47(38-45)44-33-36-58-55(40-44)53-35-34-52-50-28-14-13-27-49(50)51-29-16-18-32-57(51)65(48-25-11-4-12-26-48)60(52)61(53)66(58)62-63-56-31-17-15-30-54(56)59(64-62)43-23-9-3-10-24-43/h1-35,37-40,58H,36H2. The van der Waals surface area contributed by atoms with Gasteiger partial charge in [0.25, 0.3) is 0 Å². The Balaban J connectivity index is 1.09. The van der Waals surface area contributed by atoms with Gasteiger partial charge in [-0.25, -0.2) is 9.97 Å². The van der Waals surface area contributed by atoms with Crippen LogP contribution in [0.25, 0.3) is 77.8 Å². The number of hydrogen-bond donors (Lipinski definition) is 0. The maximum atomic E-state index is 5.62. The Morgan fingerprint density at radius 2 is 0.955 bits per heavy atom. The van der Waals surface area contributed by atoms with Crippen molar-refractivity contribution < 1.29 is 0 Å². The molecular formula is C62H42N4. The van der Waals surface area contributed by atoms with Crippen molar-refractivity contribution >= 4 is 50.7 Å². The summed E-state index contributed by atoms with van der Waals surface area (Å²) in [5, 5.41) is 1.03. The summed E-state index contributed by atoms with van der Waals surface area (Å²) in [4.78, 5) is 16.1.